The van der Waals surface area contributed by atoms with Gasteiger partial charge >= 0.3 is 0 Å². The monoisotopic (exact) mass is 296 g/mol. The summed E-state index contributed by atoms with van der Waals surface area (Å²) in [6.07, 6.45) is 0. The fourth-order valence-electron chi connectivity index (χ4n) is 1.56. The molecule has 0 fully saturated rings. The molecule has 2 rings (SSSR count). The number of para-hydroxylation sites is 1. The first kappa shape index (κ1) is 11.7. The molecule has 0 aliphatic heterocycles. The quantitative estimate of drug-likeness (QED) is 0.753. The van der Waals surface area contributed by atoms with E-state index in [1.165, 1.54) is 16.0 Å². The molecule has 0 saturated carbocycles. The van der Waals surface area contributed by atoms with Gasteiger partial charge in [0.2, 0.25) is 0 Å². The minimum atomic E-state index is 0.655. The molecule has 1 nitrogen and oxygen atoms in total. The fourth-order valence-corrected chi connectivity index (χ4v) is 2.62. The molecule has 0 aliphatic carbocycles. The minimum Gasteiger partial charge on any atom is -0.487 e. The molecule has 84 valence electrons. The number of hydrogen-bond donors (Lipinski definition) is 0. The van der Waals surface area contributed by atoms with Crippen LogP contribution >= 0.6 is 27.3 Å². The molecule has 3 heteroatoms. The van der Waals surface area contributed by atoms with E-state index >= 15 is 0 Å². The molecular formula is C13H13BrOS. The van der Waals surface area contributed by atoms with Crippen LogP contribution in [0.4, 0.5) is 0 Å². The summed E-state index contributed by atoms with van der Waals surface area (Å²) in [5, 5.41) is 2.90. The maximum Gasteiger partial charge on any atom is 0.126 e. The standard InChI is InChI=1S/C13H13BrOS/c1-10-4-2-5-11(8-14)13(10)15-9-12-6-3-7-16-12/h2-7H,8-9H2,1H3. The van der Waals surface area contributed by atoms with Crippen molar-refractivity contribution in [1.82, 2.24) is 0 Å². The number of hydrogen-bond acceptors (Lipinski definition) is 2. The van der Waals surface area contributed by atoms with Gasteiger partial charge in [-0.3, -0.25) is 0 Å². The maximum atomic E-state index is 5.88. The van der Waals surface area contributed by atoms with Crippen molar-refractivity contribution in [1.29, 1.82) is 0 Å². The first-order valence-electron chi connectivity index (χ1n) is 5.11. The maximum absolute atomic E-state index is 5.88. The van der Waals surface area contributed by atoms with Crippen LogP contribution in [-0.2, 0) is 11.9 Å². The lowest BCUT2D eigenvalue weighted by atomic mass is 10.1. The molecule has 0 aliphatic rings. The second-order valence-corrected chi connectivity index (χ2v) is 5.16. The Morgan fingerprint density at radius 1 is 1.25 bits per heavy atom. The highest BCUT2D eigenvalue weighted by Crippen LogP contribution is 2.26. The number of rotatable bonds is 4. The van der Waals surface area contributed by atoms with E-state index in [9.17, 15) is 0 Å². The molecule has 0 N–H and O–H groups in total. The topological polar surface area (TPSA) is 9.23 Å². The van der Waals surface area contributed by atoms with Crippen molar-refractivity contribution in [3.63, 3.8) is 0 Å². The zero-order valence-electron chi connectivity index (χ0n) is 9.07. The predicted octanol–water partition coefficient (Wildman–Crippen LogP) is 4.53. The van der Waals surface area contributed by atoms with E-state index in [0.29, 0.717) is 6.61 Å². The summed E-state index contributed by atoms with van der Waals surface area (Å²) in [5.41, 5.74) is 2.39. The van der Waals surface area contributed by atoms with Gasteiger partial charge in [-0.1, -0.05) is 40.2 Å². The summed E-state index contributed by atoms with van der Waals surface area (Å²) in [6, 6.07) is 10.4. The van der Waals surface area contributed by atoms with Crippen molar-refractivity contribution in [3.05, 3.63) is 51.7 Å². The van der Waals surface area contributed by atoms with Gasteiger partial charge in [0.15, 0.2) is 0 Å². The van der Waals surface area contributed by atoms with E-state index in [1.54, 1.807) is 11.3 Å². The Labute approximate surface area is 108 Å². The number of ether oxygens (including phenoxy) is 1. The van der Waals surface area contributed by atoms with Crippen molar-refractivity contribution in [2.45, 2.75) is 18.9 Å². The zero-order valence-corrected chi connectivity index (χ0v) is 11.5. The number of aryl methyl sites for hydroxylation is 1. The molecule has 2 aromatic rings. The summed E-state index contributed by atoms with van der Waals surface area (Å²) in [5.74, 6) is 1.01. The van der Waals surface area contributed by atoms with Gasteiger partial charge in [0.1, 0.15) is 12.4 Å². The molecule has 0 atom stereocenters. The van der Waals surface area contributed by atoms with Gasteiger partial charge < -0.3 is 4.74 Å². The fraction of sp³-hybridized carbons (Fsp3) is 0.231. The van der Waals surface area contributed by atoms with Crippen LogP contribution in [0.3, 0.4) is 0 Å². The summed E-state index contributed by atoms with van der Waals surface area (Å²) in [4.78, 5) is 1.25. The second-order valence-electron chi connectivity index (χ2n) is 3.56. The van der Waals surface area contributed by atoms with Crippen molar-refractivity contribution >= 4 is 27.3 Å². The van der Waals surface area contributed by atoms with Crippen molar-refractivity contribution in [3.8, 4) is 5.75 Å². The highest BCUT2D eigenvalue weighted by atomic mass is 79.9. The zero-order chi connectivity index (χ0) is 11.4. The lowest BCUT2D eigenvalue weighted by molar-refractivity contribution is 0.305. The third kappa shape index (κ3) is 2.66. The van der Waals surface area contributed by atoms with Gasteiger partial charge in [0, 0.05) is 15.8 Å². The van der Waals surface area contributed by atoms with Gasteiger partial charge in [-0.05, 0) is 23.9 Å². The second kappa shape index (κ2) is 5.51. The van der Waals surface area contributed by atoms with E-state index in [0.717, 1.165) is 11.1 Å². The van der Waals surface area contributed by atoms with Gasteiger partial charge in [-0.25, -0.2) is 0 Å². The van der Waals surface area contributed by atoms with Crippen LogP contribution < -0.4 is 4.74 Å². The van der Waals surface area contributed by atoms with Gasteiger partial charge in [0.05, 0.1) is 0 Å². The average Bonchev–Trinajstić information content (AvgIpc) is 2.80. The Morgan fingerprint density at radius 3 is 2.81 bits per heavy atom. The first-order chi connectivity index (χ1) is 7.81. The molecule has 1 aromatic carbocycles. The molecule has 0 saturated heterocycles. The highest BCUT2D eigenvalue weighted by Gasteiger charge is 2.06. The number of thiophene rings is 1. The summed E-state index contributed by atoms with van der Waals surface area (Å²) >= 11 is 5.21. The minimum absolute atomic E-state index is 0.655. The average molecular weight is 297 g/mol. The Balaban J connectivity index is 2.14. The van der Waals surface area contributed by atoms with Crippen LogP contribution in [0.2, 0.25) is 0 Å². The van der Waals surface area contributed by atoms with Crippen LogP contribution in [0, 0.1) is 6.92 Å². The highest BCUT2D eigenvalue weighted by molar-refractivity contribution is 9.08. The number of alkyl halides is 1. The molecule has 1 heterocycles. The van der Waals surface area contributed by atoms with Crippen molar-refractivity contribution in [2.75, 3.05) is 0 Å². The molecule has 1 aromatic heterocycles. The number of halogens is 1. The van der Waals surface area contributed by atoms with Gasteiger partial charge in [0.25, 0.3) is 0 Å². The Kier molecular flexibility index (Phi) is 4.02. The Hall–Kier alpha value is -0.800. The first-order valence-corrected chi connectivity index (χ1v) is 7.11. The Morgan fingerprint density at radius 2 is 2.12 bits per heavy atom. The van der Waals surface area contributed by atoms with Crippen LogP contribution in [0.1, 0.15) is 16.0 Å². The van der Waals surface area contributed by atoms with E-state index in [1.807, 2.05) is 6.07 Å². The van der Waals surface area contributed by atoms with Crippen LogP contribution in [-0.4, -0.2) is 0 Å². The predicted molar refractivity (Wildman–Crippen MR) is 72.5 cm³/mol. The summed E-state index contributed by atoms with van der Waals surface area (Å²) in [7, 11) is 0. The van der Waals surface area contributed by atoms with Crippen LogP contribution in [0.15, 0.2) is 35.7 Å². The van der Waals surface area contributed by atoms with E-state index < -0.39 is 0 Å². The van der Waals surface area contributed by atoms with E-state index in [4.69, 9.17) is 4.74 Å². The molecular weight excluding hydrogens is 284 g/mol. The lowest BCUT2D eigenvalue weighted by Crippen LogP contribution is -1.98. The van der Waals surface area contributed by atoms with Crippen LogP contribution in [0.25, 0.3) is 0 Å². The number of benzene rings is 1. The van der Waals surface area contributed by atoms with Gasteiger partial charge in [-0.2, -0.15) is 0 Å². The smallest absolute Gasteiger partial charge is 0.126 e. The lowest BCUT2D eigenvalue weighted by Gasteiger charge is -2.11. The summed E-state index contributed by atoms with van der Waals surface area (Å²) < 4.78 is 5.88. The summed E-state index contributed by atoms with van der Waals surface area (Å²) in [6.45, 7) is 2.73. The molecule has 16 heavy (non-hydrogen) atoms. The largest absolute Gasteiger partial charge is 0.487 e. The van der Waals surface area contributed by atoms with E-state index in [-0.39, 0.29) is 0 Å². The Bertz CT molecular complexity index is 451. The molecule has 0 unspecified atom stereocenters. The third-order valence-corrected chi connectivity index (χ3v) is 3.83. The SMILES string of the molecule is Cc1cccc(CBr)c1OCc1cccs1. The van der Waals surface area contributed by atoms with Crippen molar-refractivity contribution < 1.29 is 4.74 Å². The molecule has 0 bridgehead atoms. The van der Waals surface area contributed by atoms with Crippen molar-refractivity contribution in [2.24, 2.45) is 0 Å². The van der Waals surface area contributed by atoms with Gasteiger partial charge in [-0.15, -0.1) is 11.3 Å². The van der Waals surface area contributed by atoms with Crippen LogP contribution in [0.5, 0.6) is 5.75 Å². The molecule has 0 amide bonds. The third-order valence-electron chi connectivity index (χ3n) is 2.38. The van der Waals surface area contributed by atoms with E-state index in [2.05, 4.69) is 52.5 Å². The molecule has 0 spiro atoms. The molecule has 0 radical (unpaired) electrons. The normalized spacial score (nSPS) is 10.4.